The third-order valence-corrected chi connectivity index (χ3v) is 69.8. The minimum atomic E-state index is -3.81. The number of allylic oxidation sites excluding steroid dienone is 2. The van der Waals surface area contributed by atoms with E-state index in [1.54, 1.807) is 11.1 Å². The Labute approximate surface area is 274 Å². The molecule has 0 amide bonds. The minimum absolute atomic E-state index is 0.551. The molecule has 2 aliphatic carbocycles. The van der Waals surface area contributed by atoms with Gasteiger partial charge in [-0.2, -0.15) is 0 Å². The summed E-state index contributed by atoms with van der Waals surface area (Å²) in [7, 11) is 0. The van der Waals surface area contributed by atoms with Gasteiger partial charge in [0.15, 0.2) is 0 Å². The predicted octanol–water partition coefficient (Wildman–Crippen LogP) is 13.3. The Balaban J connectivity index is 1.48. The Hall–Kier alpha value is -2.55. The fourth-order valence-corrected chi connectivity index (χ4v) is 52.1. The van der Waals surface area contributed by atoms with Crippen LogP contribution in [0.5, 0.6) is 0 Å². The van der Waals surface area contributed by atoms with Crippen molar-refractivity contribution in [2.45, 2.75) is 88.6 Å². The number of hydrogen-bond donors (Lipinski definition) is 0. The molecule has 45 heavy (non-hydrogen) atoms. The maximum atomic E-state index is 2.88. The van der Waals surface area contributed by atoms with Crippen LogP contribution < -0.4 is 0 Å². The Morgan fingerprint density at radius 3 is 1.42 bits per heavy atom. The van der Waals surface area contributed by atoms with Gasteiger partial charge in [0.1, 0.15) is 0 Å². The molecule has 4 aromatic carbocycles. The van der Waals surface area contributed by atoms with Crippen LogP contribution in [0.4, 0.5) is 0 Å². The summed E-state index contributed by atoms with van der Waals surface area (Å²) in [6.45, 7) is 14.2. The van der Waals surface area contributed by atoms with Crippen molar-refractivity contribution in [1.82, 2.24) is 0 Å². The van der Waals surface area contributed by atoms with Crippen molar-refractivity contribution in [3.8, 4) is 22.3 Å². The molecule has 0 radical (unpaired) electrons. The van der Waals surface area contributed by atoms with Gasteiger partial charge < -0.3 is 0 Å². The van der Waals surface area contributed by atoms with Crippen molar-refractivity contribution >= 4 is 17.6 Å². The van der Waals surface area contributed by atoms with Crippen molar-refractivity contribution in [3.63, 3.8) is 0 Å². The van der Waals surface area contributed by atoms with Crippen molar-refractivity contribution in [1.29, 1.82) is 0 Å². The molecule has 0 saturated heterocycles. The van der Waals surface area contributed by atoms with Crippen LogP contribution >= 0.6 is 0 Å². The van der Waals surface area contributed by atoms with Crippen LogP contribution in [0, 0.1) is 0 Å². The third-order valence-electron chi connectivity index (χ3n) is 11.8. The Bertz CT molecular complexity index is 1720. The number of fused-ring (bicyclic) bond motifs is 2. The second-order valence-corrected chi connectivity index (χ2v) is 62.7. The van der Waals surface area contributed by atoms with Crippen LogP contribution in [0.1, 0.15) is 100 Å². The molecule has 2 unspecified atom stereocenters. The molecule has 0 spiro atoms. The standard InChI is InChI=1S/2C18H17.C5H12Si.2CH3.Hf/c2*1-13(2)14-9-11-16(12-10-14)18-8-4-6-15-5-3-7-17(15)18;1-3-4-5-6-2;;;/h2*3-13H,1-2H3;3-5H2,1-2H3;2*1H3;. The van der Waals surface area contributed by atoms with Crippen molar-refractivity contribution in [2.24, 2.45) is 0 Å². The summed E-state index contributed by atoms with van der Waals surface area (Å²) in [6.07, 6.45) is 13.0. The van der Waals surface area contributed by atoms with Crippen LogP contribution in [-0.2, 0) is 17.1 Å². The first-order chi connectivity index (χ1) is 21.5. The van der Waals surface area contributed by atoms with Crippen LogP contribution in [-0.4, -0.2) is 5.49 Å². The molecule has 0 heterocycles. The van der Waals surface area contributed by atoms with E-state index in [0.717, 1.165) is 0 Å². The Morgan fingerprint density at radius 2 is 1.04 bits per heavy atom. The second-order valence-electron chi connectivity index (χ2n) is 15.3. The number of benzene rings is 4. The van der Waals surface area contributed by atoms with E-state index in [0.29, 0.717) is 19.2 Å². The normalized spacial score (nSPS) is 17.3. The van der Waals surface area contributed by atoms with Gasteiger partial charge in [-0.1, -0.05) is 0 Å². The molecule has 6 rings (SSSR count). The van der Waals surface area contributed by atoms with E-state index in [-0.39, 0.29) is 0 Å². The molecule has 0 aliphatic heterocycles. The molecule has 2 heteroatoms. The first-order valence-corrected chi connectivity index (χ1v) is 36.3. The number of hydrogen-bond acceptors (Lipinski definition) is 0. The number of unbranched alkanes of at least 4 members (excludes halogenated alkanes) is 1. The van der Waals surface area contributed by atoms with Gasteiger partial charge in [-0.25, -0.2) is 0 Å². The summed E-state index contributed by atoms with van der Waals surface area (Å²) in [6, 6.07) is 34.5. The summed E-state index contributed by atoms with van der Waals surface area (Å²) in [5.74, 6) is 1.10. The maximum absolute atomic E-state index is 3.81. The molecule has 0 bridgehead atoms. The van der Waals surface area contributed by atoms with Gasteiger partial charge in [0, 0.05) is 0 Å². The monoisotopic (exact) mass is 776 g/mol. The first-order valence-electron chi connectivity index (χ1n) is 17.4. The Morgan fingerprint density at radius 1 is 0.622 bits per heavy atom. The van der Waals surface area contributed by atoms with Gasteiger partial charge in [0.25, 0.3) is 0 Å². The van der Waals surface area contributed by atoms with E-state index >= 15 is 0 Å². The molecule has 0 saturated carbocycles. The van der Waals surface area contributed by atoms with Crippen LogP contribution in [0.25, 0.3) is 34.4 Å². The second kappa shape index (κ2) is 12.6. The molecule has 0 N–H and O–H groups in total. The molecule has 2 aliphatic rings. The van der Waals surface area contributed by atoms with Gasteiger partial charge in [0.2, 0.25) is 0 Å². The van der Waals surface area contributed by atoms with Gasteiger partial charge in [-0.15, -0.1) is 0 Å². The topological polar surface area (TPSA) is 0 Å². The summed E-state index contributed by atoms with van der Waals surface area (Å²) in [5.41, 5.74) is 13.8. The molecular weight excluding hydrogens is 723 g/mol. The summed E-state index contributed by atoms with van der Waals surface area (Å²) < 4.78 is 6.89. The third kappa shape index (κ3) is 5.59. The van der Waals surface area contributed by atoms with E-state index in [1.807, 2.05) is 0 Å². The molecule has 2 atom stereocenters. The van der Waals surface area contributed by atoms with E-state index < -0.39 is 22.6 Å². The fraction of sp³-hybridized carbons (Fsp3) is 0.349. The molecule has 0 fully saturated rings. The quantitative estimate of drug-likeness (QED) is 0.149. The predicted molar refractivity (Wildman–Crippen MR) is 199 cm³/mol. The zero-order valence-electron chi connectivity index (χ0n) is 28.8. The molecule has 0 nitrogen and oxygen atoms in total. The molecule has 0 aromatic heterocycles. The van der Waals surface area contributed by atoms with E-state index in [2.05, 4.69) is 160 Å². The van der Waals surface area contributed by atoms with Gasteiger partial charge in [-0.05, 0) is 0 Å². The van der Waals surface area contributed by atoms with E-state index in [4.69, 9.17) is 0 Å². The van der Waals surface area contributed by atoms with E-state index in [1.165, 1.54) is 63.4 Å². The molecule has 232 valence electrons. The fourth-order valence-electron chi connectivity index (χ4n) is 8.38. The average molecular weight is 775 g/mol. The summed E-state index contributed by atoms with van der Waals surface area (Å²) >= 11 is -3.81. The van der Waals surface area contributed by atoms with Gasteiger partial charge >= 0.3 is 276 Å². The SMILES string of the molecule is CCCC[Si](C)=[Hf]([CH3])([CH3])([CH]1C=Cc2c(-c3ccc(C(C)C)cc3)cccc21)[CH]1C=Cc2c(-c3ccc(C(C)C)cc3)cccc21. The zero-order valence-corrected chi connectivity index (χ0v) is 33.4. The van der Waals surface area contributed by atoms with E-state index in [9.17, 15) is 0 Å². The molecule has 4 aromatic rings. The summed E-state index contributed by atoms with van der Waals surface area (Å²) in [5, 5.41) is 0. The molecular formula is C43H52HfSi. The number of rotatable bonds is 9. The average Bonchev–Trinajstić information content (AvgIpc) is 3.70. The van der Waals surface area contributed by atoms with Crippen LogP contribution in [0.15, 0.2) is 97.1 Å². The zero-order chi connectivity index (χ0) is 32.0. The first kappa shape index (κ1) is 32.4. The summed E-state index contributed by atoms with van der Waals surface area (Å²) in [4.78, 5) is 0. The van der Waals surface area contributed by atoms with Crippen LogP contribution in [0.2, 0.25) is 22.0 Å². The Kier molecular flexibility index (Phi) is 9.05. The van der Waals surface area contributed by atoms with Crippen LogP contribution in [0.3, 0.4) is 0 Å². The van der Waals surface area contributed by atoms with Crippen molar-refractivity contribution in [3.05, 3.63) is 130 Å². The van der Waals surface area contributed by atoms with Gasteiger partial charge in [-0.3, -0.25) is 0 Å². The van der Waals surface area contributed by atoms with Crippen molar-refractivity contribution in [2.75, 3.05) is 0 Å². The van der Waals surface area contributed by atoms with Gasteiger partial charge in [0.05, 0.1) is 0 Å². The van der Waals surface area contributed by atoms with Crippen molar-refractivity contribution < 1.29 is 17.1 Å².